The number of methoxy groups -OCH3 is 1. The van der Waals surface area contributed by atoms with Crippen molar-refractivity contribution in [3.05, 3.63) is 47.5 Å². The lowest BCUT2D eigenvalue weighted by Crippen LogP contribution is -2.07. The highest BCUT2D eigenvalue weighted by atomic mass is 16.5. The van der Waals surface area contributed by atoms with Crippen molar-refractivity contribution < 1.29 is 19.1 Å². The molecule has 0 amide bonds. The highest BCUT2D eigenvalue weighted by Crippen LogP contribution is 2.18. The molecule has 20 heavy (non-hydrogen) atoms. The summed E-state index contributed by atoms with van der Waals surface area (Å²) in [4.78, 5) is 29.7. The Morgan fingerprint density at radius 2 is 2.05 bits per heavy atom. The molecule has 0 aliphatic heterocycles. The molecule has 0 bridgehead atoms. The lowest BCUT2D eigenvalue weighted by atomic mass is 10.2. The lowest BCUT2D eigenvalue weighted by molar-refractivity contribution is 0.0464. The molecule has 0 saturated carbocycles. The SMILES string of the molecule is COc1ccccc1C(=O)OCc1c[nH]c(C(C)=O)n1. The summed E-state index contributed by atoms with van der Waals surface area (Å²) in [6.45, 7) is 1.39. The Labute approximate surface area is 115 Å². The summed E-state index contributed by atoms with van der Waals surface area (Å²) in [6.07, 6.45) is 1.53. The number of para-hydroxylation sites is 1. The minimum Gasteiger partial charge on any atom is -0.496 e. The maximum Gasteiger partial charge on any atom is 0.342 e. The summed E-state index contributed by atoms with van der Waals surface area (Å²) in [6, 6.07) is 6.79. The molecule has 6 heteroatoms. The first-order chi connectivity index (χ1) is 9.61. The van der Waals surface area contributed by atoms with Gasteiger partial charge in [-0.05, 0) is 12.1 Å². The molecule has 0 atom stereocenters. The molecule has 0 aliphatic rings. The van der Waals surface area contributed by atoms with Crippen molar-refractivity contribution in [3.63, 3.8) is 0 Å². The van der Waals surface area contributed by atoms with Crippen molar-refractivity contribution in [2.75, 3.05) is 7.11 Å². The van der Waals surface area contributed by atoms with Gasteiger partial charge in [0, 0.05) is 13.1 Å². The number of aromatic amines is 1. The Bertz CT molecular complexity index is 634. The summed E-state index contributed by atoms with van der Waals surface area (Å²) in [7, 11) is 1.49. The second kappa shape index (κ2) is 6.01. The summed E-state index contributed by atoms with van der Waals surface area (Å²) in [5, 5.41) is 0. The van der Waals surface area contributed by atoms with Crippen LogP contribution in [0, 0.1) is 0 Å². The number of hydrogen-bond acceptors (Lipinski definition) is 5. The Morgan fingerprint density at radius 3 is 2.70 bits per heavy atom. The summed E-state index contributed by atoms with van der Waals surface area (Å²) in [5.41, 5.74) is 0.829. The topological polar surface area (TPSA) is 81.3 Å². The number of benzene rings is 1. The van der Waals surface area contributed by atoms with Gasteiger partial charge in [-0.15, -0.1) is 0 Å². The molecule has 1 heterocycles. The molecule has 104 valence electrons. The number of ether oxygens (including phenoxy) is 2. The first-order valence-corrected chi connectivity index (χ1v) is 5.97. The number of imidazole rings is 1. The zero-order valence-electron chi connectivity index (χ0n) is 11.2. The van der Waals surface area contributed by atoms with Crippen LogP contribution in [0.3, 0.4) is 0 Å². The minimum absolute atomic E-state index is 0.0132. The first kappa shape index (κ1) is 13.8. The van der Waals surface area contributed by atoms with Crippen LogP contribution in [-0.4, -0.2) is 28.8 Å². The summed E-state index contributed by atoms with van der Waals surface area (Å²) >= 11 is 0. The average molecular weight is 274 g/mol. The van der Waals surface area contributed by atoms with Crippen LogP contribution < -0.4 is 4.74 Å². The van der Waals surface area contributed by atoms with Crippen LogP contribution in [0.25, 0.3) is 0 Å². The van der Waals surface area contributed by atoms with Gasteiger partial charge in [0.1, 0.15) is 17.9 Å². The third-order valence-corrected chi connectivity index (χ3v) is 2.64. The number of carbonyl (C=O) groups excluding carboxylic acids is 2. The van der Waals surface area contributed by atoms with Crippen LogP contribution in [0.1, 0.15) is 33.6 Å². The number of H-pyrrole nitrogens is 1. The van der Waals surface area contributed by atoms with Crippen molar-refractivity contribution in [2.45, 2.75) is 13.5 Å². The third-order valence-electron chi connectivity index (χ3n) is 2.64. The molecular weight excluding hydrogens is 260 g/mol. The normalized spacial score (nSPS) is 10.1. The highest BCUT2D eigenvalue weighted by molar-refractivity contribution is 5.92. The Balaban J connectivity index is 2.03. The molecule has 0 saturated heterocycles. The number of Topliss-reactive ketones (excluding diaryl/α,β-unsaturated/α-hetero) is 1. The van der Waals surface area contributed by atoms with Gasteiger partial charge >= 0.3 is 5.97 Å². The maximum absolute atomic E-state index is 11.9. The molecule has 6 nitrogen and oxygen atoms in total. The summed E-state index contributed by atoms with van der Waals surface area (Å²) in [5.74, 6) is 0.0134. The van der Waals surface area contributed by atoms with Crippen LogP contribution in [0.4, 0.5) is 0 Å². The molecule has 1 aromatic heterocycles. The average Bonchev–Trinajstić information content (AvgIpc) is 2.94. The molecular formula is C14H14N2O4. The van der Waals surface area contributed by atoms with E-state index in [1.807, 2.05) is 0 Å². The largest absolute Gasteiger partial charge is 0.496 e. The van der Waals surface area contributed by atoms with Crippen LogP contribution in [0.5, 0.6) is 5.75 Å². The molecule has 1 aromatic carbocycles. The fourth-order valence-corrected chi connectivity index (χ4v) is 1.64. The third kappa shape index (κ3) is 3.03. The molecule has 0 radical (unpaired) electrons. The van der Waals surface area contributed by atoms with Gasteiger partial charge < -0.3 is 14.5 Å². The maximum atomic E-state index is 11.9. The van der Waals surface area contributed by atoms with Gasteiger partial charge in [-0.25, -0.2) is 9.78 Å². The van der Waals surface area contributed by atoms with E-state index in [9.17, 15) is 9.59 Å². The molecule has 0 unspecified atom stereocenters. The Hall–Kier alpha value is -2.63. The van der Waals surface area contributed by atoms with Gasteiger partial charge in [0.15, 0.2) is 11.6 Å². The predicted octanol–water partition coefficient (Wildman–Crippen LogP) is 1.98. The van der Waals surface area contributed by atoms with Gasteiger partial charge in [0.05, 0.1) is 12.8 Å². The highest BCUT2D eigenvalue weighted by Gasteiger charge is 2.14. The van der Waals surface area contributed by atoms with E-state index in [2.05, 4.69) is 9.97 Å². The number of rotatable bonds is 5. The predicted molar refractivity (Wildman–Crippen MR) is 70.7 cm³/mol. The van der Waals surface area contributed by atoms with E-state index in [0.29, 0.717) is 17.0 Å². The molecule has 0 aliphatic carbocycles. The molecule has 0 fully saturated rings. The standard InChI is InChI=1S/C14H14N2O4/c1-9(17)13-15-7-10(16-13)8-20-14(18)11-5-3-4-6-12(11)19-2/h3-7H,8H2,1-2H3,(H,15,16). The van der Waals surface area contributed by atoms with Crippen molar-refractivity contribution in [2.24, 2.45) is 0 Å². The molecule has 2 rings (SSSR count). The number of nitrogens with zero attached hydrogens (tertiary/aromatic N) is 1. The van der Waals surface area contributed by atoms with E-state index in [4.69, 9.17) is 9.47 Å². The van der Waals surface area contributed by atoms with Crippen molar-refractivity contribution in [1.82, 2.24) is 9.97 Å². The van der Waals surface area contributed by atoms with Crippen LogP contribution in [0.2, 0.25) is 0 Å². The second-order valence-corrected chi connectivity index (χ2v) is 4.07. The number of esters is 1. The monoisotopic (exact) mass is 274 g/mol. The van der Waals surface area contributed by atoms with Gasteiger partial charge in [0.25, 0.3) is 0 Å². The Kier molecular flexibility index (Phi) is 4.14. The van der Waals surface area contributed by atoms with Gasteiger partial charge in [-0.3, -0.25) is 4.79 Å². The molecule has 2 aromatic rings. The fourth-order valence-electron chi connectivity index (χ4n) is 1.64. The Morgan fingerprint density at radius 1 is 1.30 bits per heavy atom. The van der Waals surface area contributed by atoms with Crippen molar-refractivity contribution >= 4 is 11.8 Å². The van der Waals surface area contributed by atoms with Crippen LogP contribution in [0.15, 0.2) is 30.5 Å². The second-order valence-electron chi connectivity index (χ2n) is 4.07. The quantitative estimate of drug-likeness (QED) is 0.666. The van der Waals surface area contributed by atoms with Gasteiger partial charge in [-0.1, -0.05) is 12.1 Å². The zero-order chi connectivity index (χ0) is 14.5. The van der Waals surface area contributed by atoms with E-state index in [-0.39, 0.29) is 18.2 Å². The number of hydrogen-bond donors (Lipinski definition) is 1. The van der Waals surface area contributed by atoms with Crippen molar-refractivity contribution in [1.29, 1.82) is 0 Å². The van der Waals surface area contributed by atoms with E-state index in [1.54, 1.807) is 24.3 Å². The van der Waals surface area contributed by atoms with Gasteiger partial charge in [0.2, 0.25) is 0 Å². The smallest absolute Gasteiger partial charge is 0.342 e. The number of nitrogens with one attached hydrogen (secondary N) is 1. The van der Waals surface area contributed by atoms with E-state index >= 15 is 0 Å². The number of ketones is 1. The van der Waals surface area contributed by atoms with Crippen LogP contribution >= 0.6 is 0 Å². The van der Waals surface area contributed by atoms with E-state index in [0.717, 1.165) is 0 Å². The minimum atomic E-state index is -0.505. The summed E-state index contributed by atoms with van der Waals surface area (Å²) < 4.78 is 10.2. The van der Waals surface area contributed by atoms with E-state index < -0.39 is 5.97 Å². The molecule has 0 spiro atoms. The first-order valence-electron chi connectivity index (χ1n) is 5.97. The molecule has 1 N–H and O–H groups in total. The van der Waals surface area contributed by atoms with E-state index in [1.165, 1.54) is 20.2 Å². The van der Waals surface area contributed by atoms with Crippen molar-refractivity contribution in [3.8, 4) is 5.75 Å². The van der Waals surface area contributed by atoms with Crippen LogP contribution in [-0.2, 0) is 11.3 Å². The van der Waals surface area contributed by atoms with Gasteiger partial charge in [-0.2, -0.15) is 0 Å². The number of aromatic nitrogens is 2. The lowest BCUT2D eigenvalue weighted by Gasteiger charge is -2.07. The zero-order valence-corrected chi connectivity index (χ0v) is 11.2. The number of carbonyl (C=O) groups is 2. The fraction of sp³-hybridized carbons (Fsp3) is 0.214.